The van der Waals surface area contributed by atoms with Gasteiger partial charge < -0.3 is 0 Å². The molecule has 0 radical (unpaired) electrons. The Balaban J connectivity index is 1.69. The molecule has 0 bridgehead atoms. The SMILES string of the molecule is C=CCn1c(SCc2c(C#N)c(C)nn2-c2ccccc2)nnc1-c1ccncc1. The van der Waals surface area contributed by atoms with Gasteiger partial charge in [-0.1, -0.05) is 36.0 Å². The molecule has 0 saturated carbocycles. The van der Waals surface area contributed by atoms with Crippen LogP contribution >= 0.6 is 11.8 Å². The van der Waals surface area contributed by atoms with E-state index in [1.807, 2.05) is 64.7 Å². The van der Waals surface area contributed by atoms with E-state index < -0.39 is 0 Å². The van der Waals surface area contributed by atoms with Crippen LogP contribution in [0.2, 0.25) is 0 Å². The lowest BCUT2D eigenvalue weighted by Crippen LogP contribution is -2.04. The van der Waals surface area contributed by atoms with Crippen molar-refractivity contribution in [3.05, 3.63) is 84.5 Å². The maximum absolute atomic E-state index is 9.68. The number of hydrogen-bond donors (Lipinski definition) is 0. The lowest BCUT2D eigenvalue weighted by Gasteiger charge is -2.09. The number of aryl methyl sites for hydroxylation is 1. The summed E-state index contributed by atoms with van der Waals surface area (Å²) >= 11 is 1.52. The Labute approximate surface area is 178 Å². The summed E-state index contributed by atoms with van der Waals surface area (Å²) in [6, 6.07) is 15.9. The van der Waals surface area contributed by atoms with E-state index in [1.165, 1.54) is 11.8 Å². The third-order valence-corrected chi connectivity index (χ3v) is 5.55. The number of allylic oxidation sites excluding steroid dienone is 1. The van der Waals surface area contributed by atoms with Crippen LogP contribution in [0.1, 0.15) is 17.0 Å². The topological polar surface area (TPSA) is 85.2 Å². The van der Waals surface area contributed by atoms with Crippen molar-refractivity contribution in [3.63, 3.8) is 0 Å². The highest BCUT2D eigenvalue weighted by Gasteiger charge is 2.19. The number of nitriles is 1. The Kier molecular flexibility index (Phi) is 5.72. The van der Waals surface area contributed by atoms with Crippen LogP contribution in [0.25, 0.3) is 17.1 Å². The van der Waals surface area contributed by atoms with Crippen molar-refractivity contribution in [1.29, 1.82) is 5.26 Å². The molecule has 0 aliphatic heterocycles. The average molecular weight is 414 g/mol. The molecule has 4 rings (SSSR count). The van der Waals surface area contributed by atoms with Crippen LogP contribution in [0, 0.1) is 18.3 Å². The molecule has 0 aliphatic rings. The van der Waals surface area contributed by atoms with Crippen LogP contribution in [0.4, 0.5) is 0 Å². The summed E-state index contributed by atoms with van der Waals surface area (Å²) in [4.78, 5) is 4.07. The predicted octanol–water partition coefficient (Wildman–Crippen LogP) is 4.18. The van der Waals surface area contributed by atoms with E-state index in [0.717, 1.165) is 27.9 Å². The minimum atomic E-state index is 0.532. The number of hydrogen-bond acceptors (Lipinski definition) is 6. The van der Waals surface area contributed by atoms with E-state index in [4.69, 9.17) is 0 Å². The molecule has 7 nitrogen and oxygen atoms in total. The van der Waals surface area contributed by atoms with Crippen molar-refractivity contribution in [2.75, 3.05) is 0 Å². The fourth-order valence-electron chi connectivity index (χ4n) is 3.17. The quantitative estimate of drug-likeness (QED) is 0.334. The number of thioether (sulfide) groups is 1. The second-order valence-electron chi connectivity index (χ2n) is 6.50. The molecular weight excluding hydrogens is 394 g/mol. The summed E-state index contributed by atoms with van der Waals surface area (Å²) in [6.07, 6.45) is 5.28. The predicted molar refractivity (Wildman–Crippen MR) is 116 cm³/mol. The van der Waals surface area contributed by atoms with Gasteiger partial charge in [0.25, 0.3) is 0 Å². The summed E-state index contributed by atoms with van der Waals surface area (Å²) in [5.74, 6) is 1.29. The highest BCUT2D eigenvalue weighted by Crippen LogP contribution is 2.29. The highest BCUT2D eigenvalue weighted by molar-refractivity contribution is 7.98. The van der Waals surface area contributed by atoms with E-state index in [-0.39, 0.29) is 0 Å². The molecule has 148 valence electrons. The van der Waals surface area contributed by atoms with Gasteiger partial charge in [-0.2, -0.15) is 10.4 Å². The first-order chi connectivity index (χ1) is 14.7. The van der Waals surface area contributed by atoms with E-state index in [1.54, 1.807) is 12.4 Å². The van der Waals surface area contributed by atoms with Gasteiger partial charge in [0.15, 0.2) is 11.0 Å². The fraction of sp³-hybridized carbons (Fsp3) is 0.136. The lowest BCUT2D eigenvalue weighted by atomic mass is 10.2. The third kappa shape index (κ3) is 3.75. The average Bonchev–Trinajstić information content (AvgIpc) is 3.33. The minimum Gasteiger partial charge on any atom is -0.298 e. The van der Waals surface area contributed by atoms with Gasteiger partial charge in [-0.3, -0.25) is 9.55 Å². The number of rotatable bonds is 7. The second kappa shape index (κ2) is 8.76. The molecule has 0 unspecified atom stereocenters. The van der Waals surface area contributed by atoms with Crippen molar-refractivity contribution in [2.24, 2.45) is 0 Å². The molecule has 3 aromatic heterocycles. The zero-order valence-corrected chi connectivity index (χ0v) is 17.3. The molecule has 1 aromatic carbocycles. The number of pyridine rings is 1. The van der Waals surface area contributed by atoms with Crippen molar-refractivity contribution in [1.82, 2.24) is 29.5 Å². The largest absolute Gasteiger partial charge is 0.298 e. The van der Waals surface area contributed by atoms with E-state index in [0.29, 0.717) is 23.6 Å². The van der Waals surface area contributed by atoms with E-state index >= 15 is 0 Å². The Morgan fingerprint density at radius 3 is 2.60 bits per heavy atom. The summed E-state index contributed by atoms with van der Waals surface area (Å²) < 4.78 is 3.84. The van der Waals surface area contributed by atoms with Gasteiger partial charge in [-0.05, 0) is 31.2 Å². The van der Waals surface area contributed by atoms with Crippen molar-refractivity contribution in [2.45, 2.75) is 24.4 Å². The molecule has 0 amide bonds. The normalized spacial score (nSPS) is 10.7. The zero-order chi connectivity index (χ0) is 20.9. The standard InChI is InChI=1S/C22H19N7S/c1-3-13-28-21(17-9-11-24-12-10-17)25-26-22(28)30-15-20-19(14-23)16(2)27-29(20)18-7-5-4-6-8-18/h3-12H,1,13,15H2,2H3. The van der Waals surface area contributed by atoms with Gasteiger partial charge in [0.05, 0.1) is 22.6 Å². The monoisotopic (exact) mass is 413 g/mol. The maximum Gasteiger partial charge on any atom is 0.192 e. The molecule has 3 heterocycles. The third-order valence-electron chi connectivity index (χ3n) is 4.57. The lowest BCUT2D eigenvalue weighted by molar-refractivity contribution is 0.730. The first-order valence-corrected chi connectivity index (χ1v) is 10.3. The minimum absolute atomic E-state index is 0.532. The molecule has 30 heavy (non-hydrogen) atoms. The summed E-state index contributed by atoms with van der Waals surface area (Å²) in [5.41, 5.74) is 4.00. The Morgan fingerprint density at radius 1 is 1.13 bits per heavy atom. The number of nitrogens with zero attached hydrogens (tertiary/aromatic N) is 7. The molecule has 0 spiro atoms. The van der Waals surface area contributed by atoms with E-state index in [2.05, 4.69) is 32.9 Å². The highest BCUT2D eigenvalue weighted by atomic mass is 32.2. The van der Waals surface area contributed by atoms with Gasteiger partial charge in [0.2, 0.25) is 0 Å². The van der Waals surface area contributed by atoms with Crippen LogP contribution in [-0.4, -0.2) is 29.5 Å². The van der Waals surface area contributed by atoms with Gasteiger partial charge >= 0.3 is 0 Å². The van der Waals surface area contributed by atoms with Crippen molar-refractivity contribution >= 4 is 11.8 Å². The van der Waals surface area contributed by atoms with Gasteiger partial charge in [0.1, 0.15) is 6.07 Å². The van der Waals surface area contributed by atoms with Crippen molar-refractivity contribution in [3.8, 4) is 23.1 Å². The molecule has 0 saturated heterocycles. The number of benzene rings is 1. The molecular formula is C22H19N7S. The molecule has 0 N–H and O–H groups in total. The van der Waals surface area contributed by atoms with Gasteiger partial charge in [-0.15, -0.1) is 16.8 Å². The Morgan fingerprint density at radius 2 is 1.90 bits per heavy atom. The molecule has 0 atom stereocenters. The summed E-state index contributed by atoms with van der Waals surface area (Å²) in [6.45, 7) is 6.29. The zero-order valence-electron chi connectivity index (χ0n) is 16.4. The Hall–Kier alpha value is -3.70. The number of para-hydroxylation sites is 1. The first-order valence-electron chi connectivity index (χ1n) is 9.34. The van der Waals surface area contributed by atoms with Crippen LogP contribution < -0.4 is 0 Å². The van der Waals surface area contributed by atoms with Crippen LogP contribution in [0.3, 0.4) is 0 Å². The van der Waals surface area contributed by atoms with Crippen LogP contribution in [0.5, 0.6) is 0 Å². The van der Waals surface area contributed by atoms with Crippen LogP contribution in [-0.2, 0) is 12.3 Å². The molecule has 8 heteroatoms. The fourth-order valence-corrected chi connectivity index (χ4v) is 4.12. The van der Waals surface area contributed by atoms with Gasteiger partial charge in [-0.25, -0.2) is 4.68 Å². The Bertz CT molecular complexity index is 1200. The molecule has 0 aliphatic carbocycles. The number of aromatic nitrogens is 6. The maximum atomic E-state index is 9.68. The van der Waals surface area contributed by atoms with Crippen molar-refractivity contribution < 1.29 is 0 Å². The smallest absolute Gasteiger partial charge is 0.192 e. The second-order valence-corrected chi connectivity index (χ2v) is 7.44. The summed E-state index contributed by atoms with van der Waals surface area (Å²) in [5, 5.41) is 23.8. The van der Waals surface area contributed by atoms with Gasteiger partial charge in [0, 0.05) is 30.3 Å². The first kappa shape index (κ1) is 19.6. The molecule has 0 fully saturated rings. The summed E-state index contributed by atoms with van der Waals surface area (Å²) in [7, 11) is 0. The molecule has 4 aromatic rings. The van der Waals surface area contributed by atoms with Crippen LogP contribution in [0.15, 0.2) is 72.7 Å². The van der Waals surface area contributed by atoms with E-state index in [9.17, 15) is 5.26 Å².